The average molecular weight is 390 g/mol. The van der Waals surface area contributed by atoms with E-state index in [-0.39, 0.29) is 5.41 Å². The Balaban J connectivity index is 1.99. The van der Waals surface area contributed by atoms with Crippen molar-refractivity contribution < 1.29 is 0 Å². The molecular weight excluding hydrogens is 362 g/mol. The summed E-state index contributed by atoms with van der Waals surface area (Å²) in [5.41, 5.74) is 12.8. The van der Waals surface area contributed by atoms with E-state index in [2.05, 4.69) is 99.9 Å². The van der Waals surface area contributed by atoms with Crippen LogP contribution in [0.4, 0.5) is 0 Å². The minimum atomic E-state index is -0.0829. The first-order valence-electron chi connectivity index (χ1n) is 10.6. The maximum absolute atomic E-state index is 3.85. The van der Waals surface area contributed by atoms with Gasteiger partial charge in [0.1, 0.15) is 0 Å². The molecule has 0 saturated carbocycles. The largest absolute Gasteiger partial charge is 0.353 e. The van der Waals surface area contributed by atoms with E-state index in [9.17, 15) is 0 Å². The molecule has 0 atom stereocenters. The van der Waals surface area contributed by atoms with Gasteiger partial charge in [-0.1, -0.05) is 98.8 Å². The summed E-state index contributed by atoms with van der Waals surface area (Å²) in [5.74, 6) is 0. The highest BCUT2D eigenvalue weighted by molar-refractivity contribution is 6.08. The van der Waals surface area contributed by atoms with Gasteiger partial charge >= 0.3 is 0 Å². The van der Waals surface area contributed by atoms with Gasteiger partial charge in [0.05, 0.1) is 11.2 Å². The summed E-state index contributed by atoms with van der Waals surface area (Å²) >= 11 is 0. The van der Waals surface area contributed by atoms with Crippen LogP contribution in [0.15, 0.2) is 73.3 Å². The van der Waals surface area contributed by atoms with E-state index in [1.54, 1.807) is 0 Å². The van der Waals surface area contributed by atoms with Gasteiger partial charge in [-0.2, -0.15) is 0 Å². The van der Waals surface area contributed by atoms with Crippen molar-refractivity contribution in [3.8, 4) is 22.4 Å². The number of hydrogen-bond acceptors (Lipinski definition) is 0. The van der Waals surface area contributed by atoms with Crippen LogP contribution in [0.25, 0.3) is 39.4 Å². The maximum Gasteiger partial charge on any atom is 0.0547 e. The molecule has 5 rings (SSSR count). The molecule has 1 N–H and O–H groups in total. The molecule has 4 aromatic rings. The first-order valence-corrected chi connectivity index (χ1v) is 10.6. The van der Waals surface area contributed by atoms with Gasteiger partial charge < -0.3 is 4.98 Å². The van der Waals surface area contributed by atoms with Crippen molar-refractivity contribution >= 4 is 17.0 Å². The number of hydrogen-bond donors (Lipinski definition) is 1. The molecule has 30 heavy (non-hydrogen) atoms. The van der Waals surface area contributed by atoms with Gasteiger partial charge in [-0.05, 0) is 36.1 Å². The van der Waals surface area contributed by atoms with Gasteiger partial charge in [-0.25, -0.2) is 0 Å². The van der Waals surface area contributed by atoms with Crippen LogP contribution in [0, 0.1) is 13.8 Å². The second kappa shape index (κ2) is 6.60. The molecule has 3 aromatic carbocycles. The first-order chi connectivity index (χ1) is 14.4. The molecule has 1 aromatic heterocycles. The number of aryl methyl sites for hydroxylation is 2. The Morgan fingerprint density at radius 3 is 2.50 bits per heavy atom. The molecule has 0 radical (unpaired) electrons. The molecule has 0 bridgehead atoms. The number of nitrogens with one attached hydrogen (secondary N) is 1. The molecular formula is C29H27N. The Morgan fingerprint density at radius 1 is 0.900 bits per heavy atom. The van der Waals surface area contributed by atoms with E-state index >= 15 is 0 Å². The molecule has 1 heterocycles. The number of fused-ring (bicyclic) bond motifs is 7. The predicted molar refractivity (Wildman–Crippen MR) is 130 cm³/mol. The Labute approximate surface area is 178 Å². The summed E-state index contributed by atoms with van der Waals surface area (Å²) in [4.78, 5) is 3.84. The molecule has 148 valence electrons. The quantitative estimate of drug-likeness (QED) is 0.335. The van der Waals surface area contributed by atoms with Gasteiger partial charge in [0.25, 0.3) is 0 Å². The van der Waals surface area contributed by atoms with E-state index in [0.717, 1.165) is 0 Å². The standard InChI is InChI=1S/C29H27N/c1-6-7-10-20-19(3)14-16-23-26-21-15-13-18(2)17-25(21)29(4,5)24-12-9-8-11-22(24)28(26)30-27(20)23/h6-17,30H,1H2,2-5H3/b10-7-. The highest BCUT2D eigenvalue weighted by atomic mass is 14.7. The van der Waals surface area contributed by atoms with Gasteiger partial charge in [0.2, 0.25) is 0 Å². The van der Waals surface area contributed by atoms with Crippen LogP contribution >= 0.6 is 0 Å². The number of aromatic nitrogens is 1. The Hall–Kier alpha value is -3.32. The molecule has 1 heteroatoms. The van der Waals surface area contributed by atoms with Gasteiger partial charge in [-0.3, -0.25) is 0 Å². The average Bonchev–Trinajstić information content (AvgIpc) is 3.09. The minimum absolute atomic E-state index is 0.0829. The predicted octanol–water partition coefficient (Wildman–Crippen LogP) is 7.96. The fourth-order valence-electron chi connectivity index (χ4n) is 5.03. The Morgan fingerprint density at radius 2 is 1.70 bits per heavy atom. The minimum Gasteiger partial charge on any atom is -0.353 e. The lowest BCUT2D eigenvalue weighted by molar-refractivity contribution is 0.645. The fraction of sp³-hybridized carbons (Fsp3) is 0.172. The van der Waals surface area contributed by atoms with Crippen molar-refractivity contribution in [2.75, 3.05) is 0 Å². The maximum atomic E-state index is 3.85. The number of benzene rings is 3. The second-order valence-corrected chi connectivity index (χ2v) is 8.91. The van der Waals surface area contributed by atoms with Crippen molar-refractivity contribution in [3.63, 3.8) is 0 Å². The van der Waals surface area contributed by atoms with E-state index in [1.807, 2.05) is 12.2 Å². The first kappa shape index (κ1) is 18.7. The highest BCUT2D eigenvalue weighted by Crippen LogP contribution is 2.51. The van der Waals surface area contributed by atoms with E-state index in [1.165, 1.54) is 61.1 Å². The molecule has 0 saturated heterocycles. The number of aromatic amines is 1. The van der Waals surface area contributed by atoms with Crippen molar-refractivity contribution in [2.24, 2.45) is 0 Å². The summed E-state index contributed by atoms with van der Waals surface area (Å²) in [6.45, 7) is 12.9. The third kappa shape index (κ3) is 2.55. The molecule has 1 aliphatic rings. The molecule has 0 spiro atoms. The van der Waals surface area contributed by atoms with E-state index < -0.39 is 0 Å². The normalized spacial score (nSPS) is 14.3. The lowest BCUT2D eigenvalue weighted by Crippen LogP contribution is -2.20. The van der Waals surface area contributed by atoms with E-state index in [4.69, 9.17) is 0 Å². The third-order valence-electron chi connectivity index (χ3n) is 6.62. The van der Waals surface area contributed by atoms with Gasteiger partial charge in [0.15, 0.2) is 0 Å². The van der Waals surface area contributed by atoms with Crippen LogP contribution in [0.2, 0.25) is 0 Å². The highest BCUT2D eigenvalue weighted by Gasteiger charge is 2.34. The fourth-order valence-corrected chi connectivity index (χ4v) is 5.03. The van der Waals surface area contributed by atoms with Crippen LogP contribution < -0.4 is 0 Å². The summed E-state index contributed by atoms with van der Waals surface area (Å²) in [5, 5.41) is 1.27. The Kier molecular flexibility index (Phi) is 4.11. The Bertz CT molecular complexity index is 1340. The van der Waals surface area contributed by atoms with Crippen LogP contribution in [-0.2, 0) is 5.41 Å². The van der Waals surface area contributed by atoms with Crippen LogP contribution in [0.3, 0.4) is 0 Å². The number of rotatable bonds is 2. The molecule has 1 aliphatic carbocycles. The lowest BCUT2D eigenvalue weighted by Gasteiger charge is -2.28. The molecule has 0 fully saturated rings. The van der Waals surface area contributed by atoms with Crippen LogP contribution in [0.5, 0.6) is 0 Å². The zero-order valence-corrected chi connectivity index (χ0v) is 18.1. The monoisotopic (exact) mass is 389 g/mol. The van der Waals surface area contributed by atoms with Crippen LogP contribution in [0.1, 0.15) is 41.7 Å². The van der Waals surface area contributed by atoms with E-state index in [0.29, 0.717) is 0 Å². The van der Waals surface area contributed by atoms with Crippen molar-refractivity contribution in [1.82, 2.24) is 4.98 Å². The zero-order chi connectivity index (χ0) is 21.0. The molecule has 1 nitrogen and oxygen atoms in total. The summed E-state index contributed by atoms with van der Waals surface area (Å²) in [6, 6.07) is 20.3. The molecule has 0 unspecified atom stereocenters. The number of allylic oxidation sites excluding steroid dienone is 2. The molecule has 0 aliphatic heterocycles. The second-order valence-electron chi connectivity index (χ2n) is 8.91. The van der Waals surface area contributed by atoms with Crippen molar-refractivity contribution in [1.29, 1.82) is 0 Å². The van der Waals surface area contributed by atoms with Crippen LogP contribution in [-0.4, -0.2) is 4.98 Å². The third-order valence-corrected chi connectivity index (χ3v) is 6.62. The topological polar surface area (TPSA) is 15.8 Å². The lowest BCUT2D eigenvalue weighted by atomic mass is 9.75. The summed E-state index contributed by atoms with van der Waals surface area (Å²) in [7, 11) is 0. The van der Waals surface area contributed by atoms with Gasteiger partial charge in [0, 0.05) is 27.5 Å². The van der Waals surface area contributed by atoms with Crippen molar-refractivity contribution in [2.45, 2.75) is 33.1 Å². The van der Waals surface area contributed by atoms with Crippen molar-refractivity contribution in [3.05, 3.63) is 101 Å². The zero-order valence-electron chi connectivity index (χ0n) is 18.1. The molecule has 0 amide bonds. The summed E-state index contributed by atoms with van der Waals surface area (Å²) < 4.78 is 0. The smallest absolute Gasteiger partial charge is 0.0547 e. The number of H-pyrrole nitrogens is 1. The summed E-state index contributed by atoms with van der Waals surface area (Å²) in [6.07, 6.45) is 6.01. The van der Waals surface area contributed by atoms with Gasteiger partial charge in [-0.15, -0.1) is 0 Å². The SMILES string of the molecule is C=C/C=C\c1c(C)ccc2c3c([nH]c12)-c1ccccc1C(C)(C)c1cc(C)ccc1-3.